The Hall–Kier alpha value is -1.07. The van der Waals surface area contributed by atoms with Crippen LogP contribution in [0.3, 0.4) is 0 Å². The molecule has 1 aliphatic rings. The van der Waals surface area contributed by atoms with Gasteiger partial charge in [0.1, 0.15) is 0 Å². The average molecular weight is 294 g/mol. The number of methoxy groups -OCH3 is 1. The third-order valence-electron chi connectivity index (χ3n) is 5.13. The van der Waals surface area contributed by atoms with Crippen molar-refractivity contribution in [2.24, 2.45) is 7.05 Å². The normalized spacial score (nSPS) is 20.3. The molecule has 120 valence electrons. The van der Waals surface area contributed by atoms with Crippen molar-refractivity contribution in [2.45, 2.75) is 50.1 Å². The molecule has 1 aromatic rings. The number of hydrogen-bond donors (Lipinski definition) is 1. The van der Waals surface area contributed by atoms with E-state index < -0.39 is 0 Å². The van der Waals surface area contributed by atoms with E-state index in [1.807, 2.05) is 25.0 Å². The molecule has 0 aliphatic heterocycles. The van der Waals surface area contributed by atoms with Gasteiger partial charge in [-0.3, -0.25) is 4.68 Å². The Kier molecular flexibility index (Phi) is 5.27. The zero-order valence-corrected chi connectivity index (χ0v) is 14.1. The molecule has 0 aromatic carbocycles. The second-order valence-corrected chi connectivity index (χ2v) is 6.36. The second kappa shape index (κ2) is 6.79. The van der Waals surface area contributed by atoms with Crippen LogP contribution in [0.25, 0.3) is 0 Å². The lowest BCUT2D eigenvalue weighted by Crippen LogP contribution is -2.53. The molecule has 1 N–H and O–H groups in total. The summed E-state index contributed by atoms with van der Waals surface area (Å²) in [4.78, 5) is 2.41. The van der Waals surface area contributed by atoms with Crippen molar-refractivity contribution in [2.75, 3.05) is 28.3 Å². The Balaban J connectivity index is 2.46. The lowest BCUT2D eigenvalue weighted by atomic mass is 9.79. The van der Waals surface area contributed by atoms with Crippen molar-refractivity contribution in [3.8, 4) is 5.75 Å². The molecule has 1 unspecified atom stereocenters. The van der Waals surface area contributed by atoms with E-state index in [1.54, 1.807) is 7.11 Å². The van der Waals surface area contributed by atoms with Gasteiger partial charge in [0.15, 0.2) is 5.75 Å². The number of hydrogen-bond acceptors (Lipinski definition) is 4. The minimum Gasteiger partial charge on any atom is -0.493 e. The van der Waals surface area contributed by atoms with Crippen LogP contribution in [0.15, 0.2) is 6.20 Å². The van der Waals surface area contributed by atoms with Crippen molar-refractivity contribution in [1.82, 2.24) is 20.0 Å². The van der Waals surface area contributed by atoms with Gasteiger partial charge in [0.2, 0.25) is 0 Å². The van der Waals surface area contributed by atoms with Crippen molar-refractivity contribution >= 4 is 0 Å². The molecule has 0 amide bonds. The smallest absolute Gasteiger partial charge is 0.161 e. The number of aromatic nitrogens is 2. The van der Waals surface area contributed by atoms with Gasteiger partial charge in [-0.2, -0.15) is 5.10 Å². The first kappa shape index (κ1) is 16.3. The van der Waals surface area contributed by atoms with Crippen molar-refractivity contribution in [3.05, 3.63) is 11.9 Å². The first-order valence-electron chi connectivity index (χ1n) is 7.97. The van der Waals surface area contributed by atoms with E-state index in [4.69, 9.17) is 4.74 Å². The van der Waals surface area contributed by atoms with E-state index in [9.17, 15) is 0 Å². The number of aryl methyl sites for hydroxylation is 1. The Bertz CT molecular complexity index is 447. The molecule has 0 saturated heterocycles. The molecule has 5 nitrogen and oxygen atoms in total. The Morgan fingerprint density at radius 2 is 1.90 bits per heavy atom. The molecule has 1 saturated carbocycles. The van der Waals surface area contributed by atoms with Crippen LogP contribution in [0.4, 0.5) is 0 Å². The maximum atomic E-state index is 5.55. The molecule has 5 heteroatoms. The summed E-state index contributed by atoms with van der Waals surface area (Å²) in [6.45, 7) is 0. The third-order valence-corrected chi connectivity index (χ3v) is 5.13. The summed E-state index contributed by atoms with van der Waals surface area (Å²) in [5.41, 5.74) is 1.27. The predicted octanol–water partition coefficient (Wildman–Crippen LogP) is 2.34. The highest BCUT2D eigenvalue weighted by atomic mass is 16.5. The van der Waals surface area contributed by atoms with Crippen LogP contribution < -0.4 is 10.1 Å². The molecule has 2 rings (SSSR count). The van der Waals surface area contributed by atoms with Gasteiger partial charge in [-0.15, -0.1) is 0 Å². The zero-order chi connectivity index (χ0) is 15.5. The van der Waals surface area contributed by atoms with E-state index in [2.05, 4.69) is 29.4 Å². The van der Waals surface area contributed by atoms with Crippen LogP contribution in [0.1, 0.15) is 50.3 Å². The van der Waals surface area contributed by atoms with Gasteiger partial charge in [0.25, 0.3) is 0 Å². The molecule has 1 heterocycles. The molecule has 0 spiro atoms. The highest BCUT2D eigenvalue weighted by Crippen LogP contribution is 2.43. The molecular weight excluding hydrogens is 264 g/mol. The first-order valence-corrected chi connectivity index (χ1v) is 7.97. The van der Waals surface area contributed by atoms with E-state index in [1.165, 1.54) is 38.5 Å². The fourth-order valence-corrected chi connectivity index (χ4v) is 3.91. The summed E-state index contributed by atoms with van der Waals surface area (Å²) in [6, 6.07) is 0.216. The fourth-order valence-electron chi connectivity index (χ4n) is 3.91. The van der Waals surface area contributed by atoms with Gasteiger partial charge in [-0.1, -0.05) is 25.7 Å². The van der Waals surface area contributed by atoms with Crippen molar-refractivity contribution in [1.29, 1.82) is 0 Å². The minimum atomic E-state index is 0.117. The summed E-state index contributed by atoms with van der Waals surface area (Å²) >= 11 is 0. The molecule has 1 aliphatic carbocycles. The van der Waals surface area contributed by atoms with Gasteiger partial charge < -0.3 is 15.0 Å². The van der Waals surface area contributed by atoms with E-state index in [0.717, 1.165) is 11.4 Å². The summed E-state index contributed by atoms with van der Waals surface area (Å²) in [6.07, 6.45) is 9.50. The number of ether oxygens (including phenoxy) is 1. The van der Waals surface area contributed by atoms with Crippen molar-refractivity contribution in [3.63, 3.8) is 0 Å². The van der Waals surface area contributed by atoms with Gasteiger partial charge in [0.05, 0.1) is 25.0 Å². The minimum absolute atomic E-state index is 0.117. The van der Waals surface area contributed by atoms with Gasteiger partial charge in [-0.25, -0.2) is 0 Å². The highest BCUT2D eigenvalue weighted by molar-refractivity contribution is 5.31. The summed E-state index contributed by atoms with van der Waals surface area (Å²) in [5.74, 6) is 0.877. The Labute approximate surface area is 128 Å². The zero-order valence-electron chi connectivity index (χ0n) is 14.1. The maximum absolute atomic E-state index is 5.55. The van der Waals surface area contributed by atoms with Gasteiger partial charge in [-0.05, 0) is 34.0 Å². The van der Waals surface area contributed by atoms with E-state index in [0.29, 0.717) is 0 Å². The van der Waals surface area contributed by atoms with Crippen LogP contribution >= 0.6 is 0 Å². The standard InChI is InChI=1S/C16H30N4O/c1-17-15(14-13(21-5)12-18-20(14)4)16(19(2)3)10-8-6-7-9-11-16/h12,15,17H,6-11H2,1-5H3. The quantitative estimate of drug-likeness (QED) is 0.847. The third kappa shape index (κ3) is 2.94. The van der Waals surface area contributed by atoms with Crippen LogP contribution in [0.5, 0.6) is 5.75 Å². The molecule has 1 atom stereocenters. The number of nitrogens with one attached hydrogen (secondary N) is 1. The SMILES string of the molecule is CNC(c1c(OC)cnn1C)C1(N(C)C)CCCCCC1. The number of nitrogens with zero attached hydrogens (tertiary/aromatic N) is 3. The predicted molar refractivity (Wildman–Crippen MR) is 85.7 cm³/mol. The van der Waals surface area contributed by atoms with Crippen LogP contribution in [-0.4, -0.2) is 48.5 Å². The van der Waals surface area contributed by atoms with Crippen LogP contribution in [-0.2, 0) is 7.05 Å². The number of rotatable bonds is 5. The maximum Gasteiger partial charge on any atom is 0.161 e. The lowest BCUT2D eigenvalue weighted by molar-refractivity contribution is 0.0787. The highest BCUT2D eigenvalue weighted by Gasteiger charge is 2.43. The average Bonchev–Trinajstić information content (AvgIpc) is 2.68. The lowest BCUT2D eigenvalue weighted by Gasteiger charge is -2.45. The van der Waals surface area contributed by atoms with Crippen LogP contribution in [0.2, 0.25) is 0 Å². The Morgan fingerprint density at radius 1 is 1.29 bits per heavy atom. The molecule has 1 aromatic heterocycles. The van der Waals surface area contributed by atoms with Gasteiger partial charge in [0, 0.05) is 12.6 Å². The molecule has 0 bridgehead atoms. The van der Waals surface area contributed by atoms with Crippen molar-refractivity contribution < 1.29 is 4.74 Å². The van der Waals surface area contributed by atoms with Crippen LogP contribution in [0, 0.1) is 0 Å². The monoisotopic (exact) mass is 294 g/mol. The van der Waals surface area contributed by atoms with E-state index >= 15 is 0 Å². The van der Waals surface area contributed by atoms with E-state index in [-0.39, 0.29) is 11.6 Å². The number of likely N-dealkylation sites (N-methyl/N-ethyl adjacent to an activating group) is 2. The summed E-state index contributed by atoms with van der Waals surface area (Å²) in [7, 11) is 10.2. The second-order valence-electron chi connectivity index (χ2n) is 6.36. The first-order chi connectivity index (χ1) is 10.1. The largest absolute Gasteiger partial charge is 0.493 e. The molecular formula is C16H30N4O. The summed E-state index contributed by atoms with van der Waals surface area (Å²) in [5, 5.41) is 7.96. The molecule has 0 radical (unpaired) electrons. The fraction of sp³-hybridized carbons (Fsp3) is 0.812. The topological polar surface area (TPSA) is 42.3 Å². The molecule has 21 heavy (non-hydrogen) atoms. The Morgan fingerprint density at radius 3 is 2.38 bits per heavy atom. The summed E-state index contributed by atoms with van der Waals surface area (Å²) < 4.78 is 7.51. The molecule has 1 fully saturated rings. The van der Waals surface area contributed by atoms with Gasteiger partial charge >= 0.3 is 0 Å².